The molecule has 0 saturated carbocycles. The minimum absolute atomic E-state index is 0.214. The number of amides is 1. The number of nitrogens with zero attached hydrogens (tertiary/aromatic N) is 2. The normalized spacial score (nSPS) is 8.95. The highest BCUT2D eigenvalue weighted by atomic mass is 16.4. The highest BCUT2D eigenvalue weighted by Gasteiger charge is 2.00. The topological polar surface area (TPSA) is 157 Å². The van der Waals surface area contributed by atoms with E-state index >= 15 is 0 Å². The summed E-state index contributed by atoms with van der Waals surface area (Å²) in [6.07, 6.45) is 2.42. The molecule has 0 unspecified atom stereocenters. The van der Waals surface area contributed by atoms with Crippen LogP contribution in [-0.4, -0.2) is 26.2 Å². The number of para-hydroxylation sites is 1. The molecule has 1 amide bonds. The van der Waals surface area contributed by atoms with Crippen molar-refractivity contribution in [3.63, 3.8) is 0 Å². The SMILES string of the molecule is NC(=O)O.Nc1nc(N)c2ccccc2n1.c1cc[nH]c1. The van der Waals surface area contributed by atoms with Crippen LogP contribution in [0.2, 0.25) is 0 Å². The number of fused-ring (bicyclic) bond motifs is 1. The average molecular weight is 288 g/mol. The van der Waals surface area contributed by atoms with Crippen LogP contribution < -0.4 is 17.2 Å². The van der Waals surface area contributed by atoms with Crippen LogP contribution in [0.4, 0.5) is 16.6 Å². The number of aromatic nitrogens is 3. The van der Waals surface area contributed by atoms with Gasteiger partial charge in [0.05, 0.1) is 5.52 Å². The van der Waals surface area contributed by atoms with Crippen molar-refractivity contribution in [2.45, 2.75) is 0 Å². The smallest absolute Gasteiger partial charge is 0.402 e. The molecule has 3 rings (SSSR count). The number of hydrogen-bond acceptors (Lipinski definition) is 5. The Morgan fingerprint density at radius 2 is 1.62 bits per heavy atom. The minimum atomic E-state index is -1.33. The number of H-pyrrole nitrogens is 1. The Labute approximate surface area is 120 Å². The first-order chi connectivity index (χ1) is 10.0. The molecule has 0 saturated heterocycles. The summed E-state index contributed by atoms with van der Waals surface area (Å²) < 4.78 is 0. The van der Waals surface area contributed by atoms with E-state index in [1.807, 2.05) is 48.8 Å². The predicted octanol–water partition coefficient (Wildman–Crippen LogP) is 1.43. The van der Waals surface area contributed by atoms with Crippen molar-refractivity contribution >= 4 is 28.8 Å². The second-order valence-corrected chi connectivity index (χ2v) is 3.71. The van der Waals surface area contributed by atoms with E-state index in [-0.39, 0.29) is 5.95 Å². The van der Waals surface area contributed by atoms with Crippen LogP contribution in [0.5, 0.6) is 0 Å². The molecule has 0 bridgehead atoms. The summed E-state index contributed by atoms with van der Waals surface area (Å²) in [4.78, 5) is 19.5. The van der Waals surface area contributed by atoms with E-state index in [1.165, 1.54) is 0 Å². The zero-order chi connectivity index (χ0) is 15.7. The fourth-order valence-corrected chi connectivity index (χ4v) is 1.40. The summed E-state index contributed by atoms with van der Waals surface area (Å²) in [7, 11) is 0. The van der Waals surface area contributed by atoms with Gasteiger partial charge in [0, 0.05) is 17.8 Å². The Morgan fingerprint density at radius 3 is 2.14 bits per heavy atom. The molecule has 0 aliphatic carbocycles. The Balaban J connectivity index is 0.000000203. The van der Waals surface area contributed by atoms with Crippen molar-refractivity contribution < 1.29 is 9.90 Å². The number of aromatic amines is 1. The molecular weight excluding hydrogens is 272 g/mol. The van der Waals surface area contributed by atoms with Crippen LogP contribution in [0.1, 0.15) is 0 Å². The number of nitrogen functional groups attached to an aromatic ring is 2. The first kappa shape index (κ1) is 15.8. The number of hydrogen-bond donors (Lipinski definition) is 5. The second kappa shape index (κ2) is 8.00. The van der Waals surface area contributed by atoms with Gasteiger partial charge in [-0.2, -0.15) is 4.98 Å². The van der Waals surface area contributed by atoms with E-state index in [4.69, 9.17) is 21.4 Å². The molecule has 0 radical (unpaired) electrons. The molecule has 21 heavy (non-hydrogen) atoms. The number of benzene rings is 1. The summed E-state index contributed by atoms with van der Waals surface area (Å²) in [6.45, 7) is 0. The first-order valence-corrected chi connectivity index (χ1v) is 5.84. The van der Waals surface area contributed by atoms with Crippen LogP contribution in [0, 0.1) is 0 Å². The molecule has 2 aromatic heterocycles. The molecular formula is C13H16N6O2. The zero-order valence-corrected chi connectivity index (χ0v) is 11.1. The molecule has 8 nitrogen and oxygen atoms in total. The zero-order valence-electron chi connectivity index (χ0n) is 11.1. The van der Waals surface area contributed by atoms with Gasteiger partial charge in [-0.25, -0.2) is 9.78 Å². The van der Waals surface area contributed by atoms with Crippen molar-refractivity contribution in [3.05, 3.63) is 48.8 Å². The number of carbonyl (C=O) groups is 1. The van der Waals surface area contributed by atoms with Gasteiger partial charge in [-0.3, -0.25) is 0 Å². The van der Waals surface area contributed by atoms with Gasteiger partial charge in [0.15, 0.2) is 0 Å². The second-order valence-electron chi connectivity index (χ2n) is 3.71. The van der Waals surface area contributed by atoms with Crippen LogP contribution >= 0.6 is 0 Å². The van der Waals surface area contributed by atoms with E-state index in [0.29, 0.717) is 5.82 Å². The minimum Gasteiger partial charge on any atom is -0.465 e. The van der Waals surface area contributed by atoms with Crippen molar-refractivity contribution in [3.8, 4) is 0 Å². The van der Waals surface area contributed by atoms with Gasteiger partial charge in [-0.15, -0.1) is 0 Å². The maximum atomic E-state index is 8.78. The highest BCUT2D eigenvalue weighted by molar-refractivity contribution is 5.88. The van der Waals surface area contributed by atoms with Crippen molar-refractivity contribution in [2.24, 2.45) is 5.73 Å². The summed E-state index contributed by atoms with van der Waals surface area (Å²) in [5, 5.41) is 8.03. The molecule has 0 spiro atoms. The maximum absolute atomic E-state index is 8.78. The molecule has 8 N–H and O–H groups in total. The van der Waals surface area contributed by atoms with E-state index in [1.54, 1.807) is 0 Å². The van der Waals surface area contributed by atoms with Crippen molar-refractivity contribution in [1.29, 1.82) is 0 Å². The number of anilines is 2. The van der Waals surface area contributed by atoms with Gasteiger partial charge in [0.25, 0.3) is 0 Å². The average Bonchev–Trinajstić information content (AvgIpc) is 2.97. The van der Waals surface area contributed by atoms with Gasteiger partial charge < -0.3 is 27.3 Å². The Kier molecular flexibility index (Phi) is 6.00. The largest absolute Gasteiger partial charge is 0.465 e. The fourth-order valence-electron chi connectivity index (χ4n) is 1.40. The summed E-state index contributed by atoms with van der Waals surface area (Å²) in [5.74, 6) is 0.643. The van der Waals surface area contributed by atoms with Crippen LogP contribution in [0.25, 0.3) is 10.9 Å². The quantitative estimate of drug-likeness (QED) is 0.421. The lowest BCUT2D eigenvalue weighted by Crippen LogP contribution is -2.03. The lowest BCUT2D eigenvalue weighted by molar-refractivity contribution is 0.205. The maximum Gasteiger partial charge on any atom is 0.402 e. The predicted molar refractivity (Wildman–Crippen MR) is 81.4 cm³/mol. The summed E-state index contributed by atoms with van der Waals surface area (Å²) >= 11 is 0. The molecule has 110 valence electrons. The van der Waals surface area contributed by atoms with Gasteiger partial charge in [0.1, 0.15) is 5.82 Å². The van der Waals surface area contributed by atoms with E-state index < -0.39 is 6.09 Å². The van der Waals surface area contributed by atoms with Crippen molar-refractivity contribution in [1.82, 2.24) is 15.0 Å². The Morgan fingerprint density at radius 1 is 1.05 bits per heavy atom. The standard InChI is InChI=1S/C8H8N4.C4H5N.CH3NO2/c9-7-5-3-1-2-4-6(5)11-8(10)12-7;1-2-4-5-3-1;2-1(3)4/h1-4H,(H4,9,10,11,12);1-5H;2H2,(H,3,4). The Hall–Kier alpha value is -3.29. The number of carboxylic acid groups (broad SMARTS) is 1. The van der Waals surface area contributed by atoms with Crippen LogP contribution in [0.3, 0.4) is 0 Å². The monoisotopic (exact) mass is 288 g/mol. The van der Waals surface area contributed by atoms with E-state index in [9.17, 15) is 0 Å². The number of rotatable bonds is 0. The summed E-state index contributed by atoms with van der Waals surface area (Å²) in [5.41, 5.74) is 15.9. The van der Waals surface area contributed by atoms with Gasteiger partial charge in [0.2, 0.25) is 5.95 Å². The molecule has 3 aromatic rings. The molecule has 0 atom stereocenters. The molecule has 8 heteroatoms. The number of primary amides is 1. The van der Waals surface area contributed by atoms with Gasteiger partial charge in [-0.05, 0) is 24.3 Å². The number of nitrogens with one attached hydrogen (secondary N) is 1. The first-order valence-electron chi connectivity index (χ1n) is 5.84. The van der Waals surface area contributed by atoms with Crippen LogP contribution in [0.15, 0.2) is 48.8 Å². The van der Waals surface area contributed by atoms with E-state index in [2.05, 4.69) is 20.7 Å². The van der Waals surface area contributed by atoms with Gasteiger partial charge >= 0.3 is 6.09 Å². The molecule has 0 aliphatic heterocycles. The lowest BCUT2D eigenvalue weighted by Gasteiger charge is -2.00. The molecule has 1 aromatic carbocycles. The molecule has 2 heterocycles. The third-order valence-corrected chi connectivity index (χ3v) is 2.15. The highest BCUT2D eigenvalue weighted by Crippen LogP contribution is 2.17. The van der Waals surface area contributed by atoms with Crippen molar-refractivity contribution in [2.75, 3.05) is 11.5 Å². The molecule has 0 fully saturated rings. The van der Waals surface area contributed by atoms with E-state index in [0.717, 1.165) is 10.9 Å². The summed E-state index contributed by atoms with van der Waals surface area (Å²) in [6, 6.07) is 11.4. The third kappa shape index (κ3) is 5.92. The fraction of sp³-hybridized carbons (Fsp3) is 0. The lowest BCUT2D eigenvalue weighted by atomic mass is 10.2. The molecule has 0 aliphatic rings. The van der Waals surface area contributed by atoms with Crippen LogP contribution in [-0.2, 0) is 0 Å². The number of nitrogens with two attached hydrogens (primary N) is 3. The third-order valence-electron chi connectivity index (χ3n) is 2.15. The Bertz CT molecular complexity index is 663. The van der Waals surface area contributed by atoms with Gasteiger partial charge in [-0.1, -0.05) is 12.1 Å².